The SMILES string of the molecule is C=CC(=O)OC(C)CC.C=CC(=O)OCC(O)COc1ccccc1. The van der Waals surface area contributed by atoms with Crippen molar-refractivity contribution in [3.63, 3.8) is 0 Å². The molecule has 1 aromatic carbocycles. The molecule has 0 aliphatic carbocycles. The summed E-state index contributed by atoms with van der Waals surface area (Å²) in [6.45, 7) is 10.3. The number of ether oxygens (including phenoxy) is 3. The summed E-state index contributed by atoms with van der Waals surface area (Å²) >= 11 is 0. The van der Waals surface area contributed by atoms with Crippen LogP contribution in [0, 0.1) is 0 Å². The highest BCUT2D eigenvalue weighted by Crippen LogP contribution is 2.08. The molecule has 6 heteroatoms. The van der Waals surface area contributed by atoms with Crippen molar-refractivity contribution in [2.45, 2.75) is 32.5 Å². The number of rotatable bonds is 9. The number of esters is 2. The maximum absolute atomic E-state index is 10.7. The van der Waals surface area contributed by atoms with Gasteiger partial charge in [0.05, 0.1) is 6.10 Å². The lowest BCUT2D eigenvalue weighted by molar-refractivity contribution is -0.142. The van der Waals surface area contributed by atoms with Crippen LogP contribution in [-0.4, -0.2) is 42.5 Å². The lowest BCUT2D eigenvalue weighted by Gasteiger charge is -2.11. The lowest BCUT2D eigenvalue weighted by atomic mass is 10.3. The summed E-state index contributed by atoms with van der Waals surface area (Å²) in [6.07, 6.45) is 2.23. The molecule has 0 amide bonds. The second kappa shape index (κ2) is 13.8. The fraction of sp³-hybridized carbons (Fsp3) is 0.368. The number of para-hydroxylation sites is 1. The van der Waals surface area contributed by atoms with Crippen LogP contribution in [0.15, 0.2) is 55.6 Å². The van der Waals surface area contributed by atoms with Crippen molar-refractivity contribution < 1.29 is 28.9 Å². The van der Waals surface area contributed by atoms with Crippen LogP contribution in [0.5, 0.6) is 5.75 Å². The Labute approximate surface area is 148 Å². The number of aliphatic hydroxyl groups excluding tert-OH is 1. The number of aliphatic hydroxyl groups is 1. The summed E-state index contributed by atoms with van der Waals surface area (Å²) in [6, 6.07) is 9.10. The Kier molecular flexibility index (Phi) is 12.4. The van der Waals surface area contributed by atoms with Crippen LogP contribution in [0.2, 0.25) is 0 Å². The van der Waals surface area contributed by atoms with Gasteiger partial charge in [-0.25, -0.2) is 9.59 Å². The van der Waals surface area contributed by atoms with E-state index in [1.54, 1.807) is 12.1 Å². The molecule has 6 nitrogen and oxygen atoms in total. The molecule has 1 aromatic rings. The molecule has 1 rings (SSSR count). The average molecular weight is 350 g/mol. The van der Waals surface area contributed by atoms with E-state index in [1.807, 2.05) is 32.0 Å². The quantitative estimate of drug-likeness (QED) is 0.545. The van der Waals surface area contributed by atoms with Crippen molar-refractivity contribution in [3.8, 4) is 5.75 Å². The molecule has 25 heavy (non-hydrogen) atoms. The first-order valence-corrected chi connectivity index (χ1v) is 7.91. The zero-order valence-electron chi connectivity index (χ0n) is 14.7. The van der Waals surface area contributed by atoms with E-state index >= 15 is 0 Å². The predicted molar refractivity (Wildman–Crippen MR) is 95.1 cm³/mol. The van der Waals surface area contributed by atoms with Gasteiger partial charge in [0.25, 0.3) is 0 Å². The van der Waals surface area contributed by atoms with Gasteiger partial charge < -0.3 is 19.3 Å². The molecule has 0 saturated heterocycles. The van der Waals surface area contributed by atoms with Crippen LogP contribution >= 0.6 is 0 Å². The van der Waals surface area contributed by atoms with Crippen molar-refractivity contribution in [3.05, 3.63) is 55.6 Å². The molecular formula is C19H26O6. The fourth-order valence-corrected chi connectivity index (χ4v) is 1.32. The van der Waals surface area contributed by atoms with Gasteiger partial charge >= 0.3 is 11.9 Å². The van der Waals surface area contributed by atoms with Crippen molar-refractivity contribution >= 4 is 11.9 Å². The van der Waals surface area contributed by atoms with Gasteiger partial charge in [0.1, 0.15) is 25.1 Å². The standard InChI is InChI=1S/C12H14O4.C7H12O2/c1-2-12(14)16-9-10(13)8-15-11-6-4-3-5-7-11;1-4-6(3)9-7(8)5-2/h2-7,10,13H,1,8-9H2;5-6H,2,4H2,1,3H3. The highest BCUT2D eigenvalue weighted by atomic mass is 16.5. The first kappa shape index (κ1) is 22.4. The van der Waals surface area contributed by atoms with Crippen LogP contribution in [0.1, 0.15) is 20.3 Å². The molecule has 0 radical (unpaired) electrons. The monoisotopic (exact) mass is 350 g/mol. The van der Waals surface area contributed by atoms with Gasteiger partial charge in [-0.15, -0.1) is 0 Å². The number of hydrogen-bond donors (Lipinski definition) is 1. The van der Waals surface area contributed by atoms with Crippen LogP contribution in [0.25, 0.3) is 0 Å². The minimum Gasteiger partial charge on any atom is -0.491 e. The van der Waals surface area contributed by atoms with Gasteiger partial charge in [0, 0.05) is 12.2 Å². The van der Waals surface area contributed by atoms with Gasteiger partial charge in [0.2, 0.25) is 0 Å². The first-order chi connectivity index (χ1) is 11.9. The number of benzene rings is 1. The van der Waals surface area contributed by atoms with Gasteiger partial charge in [-0.1, -0.05) is 38.3 Å². The van der Waals surface area contributed by atoms with Crippen molar-refractivity contribution in [1.82, 2.24) is 0 Å². The summed E-state index contributed by atoms with van der Waals surface area (Å²) in [5, 5.41) is 9.42. The molecule has 0 bridgehead atoms. The van der Waals surface area contributed by atoms with Gasteiger partial charge in [0.15, 0.2) is 0 Å². The minimum absolute atomic E-state index is 0.00972. The Hall–Kier alpha value is -2.60. The van der Waals surface area contributed by atoms with Crippen molar-refractivity contribution in [1.29, 1.82) is 0 Å². The zero-order chi connectivity index (χ0) is 19.1. The van der Waals surface area contributed by atoms with Gasteiger partial charge in [-0.2, -0.15) is 0 Å². The highest BCUT2D eigenvalue weighted by molar-refractivity contribution is 5.81. The molecule has 0 aliphatic heterocycles. The summed E-state index contributed by atoms with van der Waals surface area (Å²) in [5.74, 6) is -0.236. The van der Waals surface area contributed by atoms with Crippen molar-refractivity contribution in [2.75, 3.05) is 13.2 Å². The Morgan fingerprint density at radius 1 is 1.12 bits per heavy atom. The van der Waals surface area contributed by atoms with E-state index in [1.165, 1.54) is 6.08 Å². The Morgan fingerprint density at radius 2 is 1.72 bits per heavy atom. The molecule has 0 spiro atoms. The van der Waals surface area contributed by atoms with Crippen LogP contribution in [-0.2, 0) is 19.1 Å². The molecule has 138 valence electrons. The molecule has 0 heterocycles. The molecule has 0 fully saturated rings. The summed E-state index contributed by atoms with van der Waals surface area (Å²) in [5.41, 5.74) is 0. The Bertz CT molecular complexity index is 526. The van der Waals surface area contributed by atoms with Crippen LogP contribution in [0.4, 0.5) is 0 Å². The topological polar surface area (TPSA) is 82.1 Å². The highest BCUT2D eigenvalue weighted by Gasteiger charge is 2.07. The first-order valence-electron chi connectivity index (χ1n) is 7.91. The third-order valence-corrected chi connectivity index (χ3v) is 2.83. The number of carbonyl (C=O) groups excluding carboxylic acids is 2. The summed E-state index contributed by atoms with van der Waals surface area (Å²) in [4.78, 5) is 21.1. The van der Waals surface area contributed by atoms with Gasteiger partial charge in [-0.3, -0.25) is 0 Å². The second-order valence-corrected chi connectivity index (χ2v) is 4.97. The van der Waals surface area contributed by atoms with E-state index < -0.39 is 12.1 Å². The smallest absolute Gasteiger partial charge is 0.330 e. The zero-order valence-corrected chi connectivity index (χ0v) is 14.7. The molecule has 0 aromatic heterocycles. The largest absolute Gasteiger partial charge is 0.491 e. The Morgan fingerprint density at radius 3 is 2.24 bits per heavy atom. The maximum atomic E-state index is 10.7. The van der Waals surface area contributed by atoms with E-state index in [4.69, 9.17) is 9.47 Å². The molecular weight excluding hydrogens is 324 g/mol. The van der Waals surface area contributed by atoms with E-state index in [0.717, 1.165) is 12.5 Å². The third-order valence-electron chi connectivity index (χ3n) is 2.83. The molecule has 2 unspecified atom stereocenters. The van der Waals surface area contributed by atoms with E-state index in [2.05, 4.69) is 17.9 Å². The average Bonchev–Trinajstić information content (AvgIpc) is 2.65. The molecule has 2 atom stereocenters. The third kappa shape index (κ3) is 12.5. The van der Waals surface area contributed by atoms with E-state index in [0.29, 0.717) is 5.75 Å². The predicted octanol–water partition coefficient (Wildman–Crippen LogP) is 2.67. The number of carbonyl (C=O) groups is 2. The van der Waals surface area contributed by atoms with Crippen LogP contribution in [0.3, 0.4) is 0 Å². The molecule has 0 saturated carbocycles. The summed E-state index contributed by atoms with van der Waals surface area (Å²) in [7, 11) is 0. The lowest BCUT2D eigenvalue weighted by Crippen LogP contribution is -2.24. The van der Waals surface area contributed by atoms with E-state index in [9.17, 15) is 14.7 Å². The normalized spacial score (nSPS) is 11.8. The minimum atomic E-state index is -0.843. The maximum Gasteiger partial charge on any atom is 0.330 e. The second-order valence-electron chi connectivity index (χ2n) is 4.97. The Balaban J connectivity index is 0.000000547. The van der Waals surface area contributed by atoms with Crippen molar-refractivity contribution in [2.24, 2.45) is 0 Å². The molecule has 1 N–H and O–H groups in total. The summed E-state index contributed by atoms with van der Waals surface area (Å²) < 4.78 is 14.7. The van der Waals surface area contributed by atoms with E-state index in [-0.39, 0.29) is 25.3 Å². The fourth-order valence-electron chi connectivity index (χ4n) is 1.32. The van der Waals surface area contributed by atoms with Gasteiger partial charge in [-0.05, 0) is 25.5 Å². The number of hydrogen-bond acceptors (Lipinski definition) is 6. The van der Waals surface area contributed by atoms with Crippen LogP contribution < -0.4 is 4.74 Å². The molecule has 0 aliphatic rings.